The van der Waals surface area contributed by atoms with Gasteiger partial charge in [0.1, 0.15) is 0 Å². The van der Waals surface area contributed by atoms with Crippen molar-refractivity contribution in [2.75, 3.05) is 11.4 Å². The summed E-state index contributed by atoms with van der Waals surface area (Å²) in [6.07, 6.45) is 5.35. The van der Waals surface area contributed by atoms with Crippen molar-refractivity contribution >= 4 is 21.6 Å². The van der Waals surface area contributed by atoms with Crippen molar-refractivity contribution in [3.63, 3.8) is 0 Å². The van der Waals surface area contributed by atoms with Gasteiger partial charge in [0.05, 0.1) is 0 Å². The van der Waals surface area contributed by atoms with E-state index in [2.05, 4.69) is 58.2 Å². The number of nitrogens with one attached hydrogen (secondary N) is 1. The van der Waals surface area contributed by atoms with Gasteiger partial charge in [0.2, 0.25) is 0 Å². The van der Waals surface area contributed by atoms with Crippen LogP contribution in [0.25, 0.3) is 0 Å². The molecule has 3 heteroatoms. The first-order valence-electron chi connectivity index (χ1n) is 7.93. The normalized spacial score (nSPS) is 22.8. The maximum absolute atomic E-state index is 3.76. The topological polar surface area (TPSA) is 15.3 Å². The van der Waals surface area contributed by atoms with E-state index in [1.807, 2.05) is 0 Å². The standard InChI is InChI=1S/C17H25BrN2/c1-12(2)17-4-3-9-20(17)15-8-5-13(16(18)10-15)11-19-14-6-7-14/h5,8,10,12,14,17,19H,3-4,6-7,9,11H2,1-2H3. The Kier molecular flexibility index (Phi) is 4.37. The van der Waals surface area contributed by atoms with Crippen LogP contribution in [0.5, 0.6) is 0 Å². The summed E-state index contributed by atoms with van der Waals surface area (Å²) in [4.78, 5) is 2.59. The molecule has 2 aliphatic rings. The highest BCUT2D eigenvalue weighted by atomic mass is 79.9. The SMILES string of the molecule is CC(C)C1CCCN1c1ccc(CNC2CC2)c(Br)c1. The first kappa shape index (κ1) is 14.4. The van der Waals surface area contributed by atoms with Crippen molar-refractivity contribution in [2.24, 2.45) is 5.92 Å². The fourth-order valence-corrected chi connectivity index (χ4v) is 3.71. The molecule has 2 fully saturated rings. The van der Waals surface area contributed by atoms with Crippen LogP contribution in [-0.4, -0.2) is 18.6 Å². The highest BCUT2D eigenvalue weighted by Crippen LogP contribution is 2.32. The zero-order valence-corrected chi connectivity index (χ0v) is 14.1. The first-order valence-corrected chi connectivity index (χ1v) is 8.73. The Bertz CT molecular complexity index is 468. The molecule has 1 unspecified atom stereocenters. The summed E-state index contributed by atoms with van der Waals surface area (Å²) in [5.41, 5.74) is 2.75. The third kappa shape index (κ3) is 3.20. The van der Waals surface area contributed by atoms with Gasteiger partial charge in [-0.25, -0.2) is 0 Å². The molecular weight excluding hydrogens is 312 g/mol. The zero-order chi connectivity index (χ0) is 14.1. The van der Waals surface area contributed by atoms with Crippen LogP contribution in [0.2, 0.25) is 0 Å². The predicted octanol–water partition coefficient (Wildman–Crippen LogP) is 4.33. The Morgan fingerprint density at radius 1 is 1.30 bits per heavy atom. The summed E-state index contributed by atoms with van der Waals surface area (Å²) in [7, 11) is 0. The molecule has 0 radical (unpaired) electrons. The van der Waals surface area contributed by atoms with Crippen molar-refractivity contribution in [1.82, 2.24) is 5.32 Å². The third-order valence-corrected chi connectivity index (χ3v) is 5.33. The summed E-state index contributed by atoms with van der Waals surface area (Å²) in [6.45, 7) is 6.87. The number of hydrogen-bond donors (Lipinski definition) is 1. The third-order valence-electron chi connectivity index (χ3n) is 4.60. The van der Waals surface area contributed by atoms with Crippen LogP contribution in [0.3, 0.4) is 0 Å². The van der Waals surface area contributed by atoms with Crippen LogP contribution in [-0.2, 0) is 6.54 Å². The van der Waals surface area contributed by atoms with E-state index < -0.39 is 0 Å². The average Bonchev–Trinajstić information content (AvgIpc) is 3.11. The van der Waals surface area contributed by atoms with E-state index in [9.17, 15) is 0 Å². The van der Waals surface area contributed by atoms with E-state index in [1.165, 1.54) is 48.0 Å². The number of hydrogen-bond acceptors (Lipinski definition) is 2. The fourth-order valence-electron chi connectivity index (χ4n) is 3.21. The summed E-state index contributed by atoms with van der Waals surface area (Å²) < 4.78 is 1.25. The van der Waals surface area contributed by atoms with E-state index in [1.54, 1.807) is 0 Å². The molecule has 3 rings (SSSR count). The monoisotopic (exact) mass is 336 g/mol. The molecule has 1 saturated heterocycles. The lowest BCUT2D eigenvalue weighted by Crippen LogP contribution is -2.33. The van der Waals surface area contributed by atoms with Gasteiger partial charge in [0.25, 0.3) is 0 Å². The number of benzene rings is 1. The van der Waals surface area contributed by atoms with Crippen LogP contribution in [0.15, 0.2) is 22.7 Å². The molecule has 0 bridgehead atoms. The molecule has 110 valence electrons. The minimum absolute atomic E-state index is 0.706. The van der Waals surface area contributed by atoms with Gasteiger partial charge in [0.15, 0.2) is 0 Å². The summed E-state index contributed by atoms with van der Waals surface area (Å²) in [6, 6.07) is 8.37. The Labute approximate surface area is 131 Å². The van der Waals surface area contributed by atoms with Gasteiger partial charge >= 0.3 is 0 Å². The lowest BCUT2D eigenvalue weighted by atomic mass is 10.0. The van der Waals surface area contributed by atoms with Gasteiger partial charge in [0, 0.05) is 35.3 Å². The average molecular weight is 337 g/mol. The molecule has 1 N–H and O–H groups in total. The number of halogens is 1. The van der Waals surface area contributed by atoms with E-state index in [-0.39, 0.29) is 0 Å². The largest absolute Gasteiger partial charge is 0.368 e. The molecule has 0 amide bonds. The van der Waals surface area contributed by atoms with Crippen LogP contribution in [0.4, 0.5) is 5.69 Å². The molecule has 0 spiro atoms. The van der Waals surface area contributed by atoms with Crippen LogP contribution < -0.4 is 10.2 Å². The first-order chi connectivity index (χ1) is 9.65. The van der Waals surface area contributed by atoms with E-state index in [0.717, 1.165) is 18.5 Å². The number of nitrogens with zero attached hydrogens (tertiary/aromatic N) is 1. The van der Waals surface area contributed by atoms with Crippen LogP contribution in [0, 0.1) is 5.92 Å². The van der Waals surface area contributed by atoms with Gasteiger partial charge < -0.3 is 10.2 Å². The van der Waals surface area contributed by atoms with Crippen molar-refractivity contribution < 1.29 is 0 Å². The van der Waals surface area contributed by atoms with E-state index >= 15 is 0 Å². The zero-order valence-electron chi connectivity index (χ0n) is 12.5. The smallest absolute Gasteiger partial charge is 0.0380 e. The van der Waals surface area contributed by atoms with Gasteiger partial charge in [-0.15, -0.1) is 0 Å². The molecular formula is C17H25BrN2. The highest BCUT2D eigenvalue weighted by molar-refractivity contribution is 9.10. The Morgan fingerprint density at radius 3 is 2.75 bits per heavy atom. The second-order valence-corrected chi connectivity index (χ2v) is 7.43. The van der Waals surface area contributed by atoms with E-state index in [0.29, 0.717) is 6.04 Å². The van der Waals surface area contributed by atoms with Gasteiger partial charge in [-0.1, -0.05) is 35.8 Å². The minimum atomic E-state index is 0.706. The van der Waals surface area contributed by atoms with E-state index in [4.69, 9.17) is 0 Å². The molecule has 20 heavy (non-hydrogen) atoms. The minimum Gasteiger partial charge on any atom is -0.368 e. The van der Waals surface area contributed by atoms with Gasteiger partial charge in [-0.05, 0) is 49.3 Å². The van der Waals surface area contributed by atoms with Gasteiger partial charge in [-0.2, -0.15) is 0 Å². The molecule has 1 atom stereocenters. The molecule has 1 aliphatic carbocycles. The lowest BCUT2D eigenvalue weighted by Gasteiger charge is -2.30. The number of anilines is 1. The highest BCUT2D eigenvalue weighted by Gasteiger charge is 2.27. The Morgan fingerprint density at radius 2 is 2.10 bits per heavy atom. The van der Waals surface area contributed by atoms with Gasteiger partial charge in [-0.3, -0.25) is 0 Å². The Hall–Kier alpha value is -0.540. The fraction of sp³-hybridized carbons (Fsp3) is 0.647. The second kappa shape index (κ2) is 6.07. The quantitative estimate of drug-likeness (QED) is 0.860. The molecule has 1 heterocycles. The predicted molar refractivity (Wildman–Crippen MR) is 89.2 cm³/mol. The molecule has 2 nitrogen and oxygen atoms in total. The lowest BCUT2D eigenvalue weighted by molar-refractivity contribution is 0.492. The summed E-state index contributed by atoms with van der Waals surface area (Å²) in [5.74, 6) is 0.729. The van der Waals surface area contributed by atoms with Crippen molar-refractivity contribution in [1.29, 1.82) is 0 Å². The molecule has 1 aromatic carbocycles. The summed E-state index contributed by atoms with van der Waals surface area (Å²) >= 11 is 3.76. The van der Waals surface area contributed by atoms with Crippen molar-refractivity contribution in [3.05, 3.63) is 28.2 Å². The Balaban J connectivity index is 1.71. The summed E-state index contributed by atoms with van der Waals surface area (Å²) in [5, 5.41) is 3.59. The maximum Gasteiger partial charge on any atom is 0.0380 e. The maximum atomic E-state index is 3.76. The van der Waals surface area contributed by atoms with Crippen molar-refractivity contribution in [3.8, 4) is 0 Å². The number of rotatable bonds is 5. The van der Waals surface area contributed by atoms with Crippen molar-refractivity contribution in [2.45, 2.75) is 58.2 Å². The van der Waals surface area contributed by atoms with Crippen LogP contribution >= 0.6 is 15.9 Å². The molecule has 1 aliphatic heterocycles. The molecule has 1 aromatic rings. The molecule has 0 aromatic heterocycles. The molecule has 1 saturated carbocycles. The second-order valence-electron chi connectivity index (χ2n) is 6.58. The van der Waals surface area contributed by atoms with Crippen LogP contribution in [0.1, 0.15) is 45.1 Å².